The Morgan fingerprint density at radius 2 is 1.96 bits per heavy atom. The molecule has 3 rings (SSSR count). The number of aromatic nitrogens is 1. The minimum Gasteiger partial charge on any atom is -0.505 e. The number of rotatable bonds is 5. The number of anilines is 2. The molecule has 0 bridgehead atoms. The third kappa shape index (κ3) is 3.80. The van der Waals surface area contributed by atoms with E-state index in [4.69, 9.17) is 4.74 Å². The van der Waals surface area contributed by atoms with E-state index < -0.39 is 17.5 Å². The van der Waals surface area contributed by atoms with Crippen LogP contribution in [-0.2, 0) is 11.3 Å². The summed E-state index contributed by atoms with van der Waals surface area (Å²) >= 11 is 0. The summed E-state index contributed by atoms with van der Waals surface area (Å²) in [5.74, 6) is -1.59. The van der Waals surface area contributed by atoms with Crippen molar-refractivity contribution in [1.82, 2.24) is 4.98 Å². The Morgan fingerprint density at radius 3 is 2.65 bits per heavy atom. The highest BCUT2D eigenvalue weighted by Crippen LogP contribution is 2.31. The number of hydrogen-bond donors (Lipinski definition) is 1. The van der Waals surface area contributed by atoms with Gasteiger partial charge in [-0.15, -0.1) is 0 Å². The monoisotopic (exact) mass is 352 g/mol. The summed E-state index contributed by atoms with van der Waals surface area (Å²) in [5, 5.41) is 9.75. The van der Waals surface area contributed by atoms with Gasteiger partial charge in [0.2, 0.25) is 0 Å². The van der Waals surface area contributed by atoms with E-state index in [2.05, 4.69) is 4.98 Å². The van der Waals surface area contributed by atoms with Crippen molar-refractivity contribution in [3.05, 3.63) is 83.9 Å². The highest BCUT2D eigenvalue weighted by atomic mass is 19.1. The Hall–Kier alpha value is -3.41. The Kier molecular flexibility index (Phi) is 5.12. The van der Waals surface area contributed by atoms with Crippen molar-refractivity contribution in [3.8, 4) is 5.75 Å². The number of pyridine rings is 1. The molecule has 0 amide bonds. The molecule has 26 heavy (non-hydrogen) atoms. The molecule has 0 aliphatic carbocycles. The van der Waals surface area contributed by atoms with Crippen LogP contribution in [0, 0.1) is 5.82 Å². The molecule has 0 aliphatic rings. The van der Waals surface area contributed by atoms with Crippen LogP contribution in [-0.4, -0.2) is 23.2 Å². The molecule has 1 aromatic heterocycles. The summed E-state index contributed by atoms with van der Waals surface area (Å²) in [6.07, 6.45) is 3.40. The van der Waals surface area contributed by atoms with Gasteiger partial charge >= 0.3 is 5.97 Å². The molecule has 0 saturated heterocycles. The van der Waals surface area contributed by atoms with E-state index in [1.54, 1.807) is 36.7 Å². The van der Waals surface area contributed by atoms with Gasteiger partial charge < -0.3 is 14.7 Å². The summed E-state index contributed by atoms with van der Waals surface area (Å²) in [7, 11) is 1.32. The molecule has 0 aliphatic heterocycles. The molecule has 1 heterocycles. The number of methoxy groups -OCH3 is 1. The average molecular weight is 352 g/mol. The van der Waals surface area contributed by atoms with Crippen molar-refractivity contribution in [2.24, 2.45) is 0 Å². The summed E-state index contributed by atoms with van der Waals surface area (Å²) in [4.78, 5) is 17.8. The fourth-order valence-corrected chi connectivity index (χ4v) is 2.59. The van der Waals surface area contributed by atoms with Crippen LogP contribution in [0.2, 0.25) is 0 Å². The smallest absolute Gasteiger partial charge is 0.337 e. The minimum atomic E-state index is -0.696. The molecule has 132 valence electrons. The van der Waals surface area contributed by atoms with E-state index >= 15 is 0 Å². The van der Waals surface area contributed by atoms with E-state index in [1.807, 2.05) is 23.1 Å². The number of nitrogens with zero attached hydrogens (tertiary/aromatic N) is 2. The van der Waals surface area contributed by atoms with Gasteiger partial charge in [-0.1, -0.05) is 12.1 Å². The van der Waals surface area contributed by atoms with Crippen LogP contribution in [0.3, 0.4) is 0 Å². The maximum atomic E-state index is 13.5. The van der Waals surface area contributed by atoms with Gasteiger partial charge in [-0.2, -0.15) is 0 Å². The molecular weight excluding hydrogens is 335 g/mol. The number of phenols is 1. The van der Waals surface area contributed by atoms with E-state index in [0.717, 1.165) is 5.56 Å². The second-order valence-electron chi connectivity index (χ2n) is 5.63. The SMILES string of the molecule is COC(=O)c1cccc(N(Cc2cccnc2)c2ccc(F)c(O)c2)c1. The molecular formula is C20H17FN2O3. The number of phenolic OH excluding ortho intramolecular Hbond substituents is 1. The highest BCUT2D eigenvalue weighted by Gasteiger charge is 2.15. The van der Waals surface area contributed by atoms with Gasteiger partial charge in [0.1, 0.15) is 0 Å². The Labute approximate surface area is 150 Å². The quantitative estimate of drug-likeness (QED) is 0.702. The zero-order chi connectivity index (χ0) is 18.5. The normalized spacial score (nSPS) is 10.4. The van der Waals surface area contributed by atoms with Crippen molar-refractivity contribution < 1.29 is 19.0 Å². The molecule has 0 unspecified atom stereocenters. The van der Waals surface area contributed by atoms with E-state index in [0.29, 0.717) is 23.5 Å². The molecule has 0 atom stereocenters. The first-order valence-electron chi connectivity index (χ1n) is 7.92. The first kappa shape index (κ1) is 17.4. The van der Waals surface area contributed by atoms with Crippen molar-refractivity contribution >= 4 is 17.3 Å². The van der Waals surface area contributed by atoms with Crippen LogP contribution in [0.5, 0.6) is 5.75 Å². The number of carbonyl (C=O) groups excluding carboxylic acids is 1. The summed E-state index contributed by atoms with van der Waals surface area (Å²) < 4.78 is 18.2. The largest absolute Gasteiger partial charge is 0.505 e. The molecule has 6 heteroatoms. The Bertz CT molecular complexity index is 916. The van der Waals surface area contributed by atoms with Crippen LogP contribution < -0.4 is 4.90 Å². The fourth-order valence-electron chi connectivity index (χ4n) is 2.59. The maximum Gasteiger partial charge on any atom is 0.337 e. The molecule has 2 aromatic carbocycles. The summed E-state index contributed by atoms with van der Waals surface area (Å²) in [5.41, 5.74) is 2.59. The minimum absolute atomic E-state index is 0.396. The first-order chi connectivity index (χ1) is 12.6. The van der Waals surface area contributed by atoms with Crippen LogP contribution in [0.15, 0.2) is 67.0 Å². The molecule has 0 saturated carbocycles. The van der Waals surface area contributed by atoms with Gasteiger partial charge in [-0.25, -0.2) is 9.18 Å². The third-order valence-electron chi connectivity index (χ3n) is 3.88. The molecule has 5 nitrogen and oxygen atoms in total. The standard InChI is InChI=1S/C20H17FN2O3/c1-26-20(25)15-5-2-6-16(10-15)23(13-14-4-3-9-22-12-14)17-7-8-18(21)19(24)11-17/h2-12,24H,13H2,1H3. The van der Waals surface area contributed by atoms with E-state index in [1.165, 1.54) is 19.2 Å². The number of aromatic hydroxyl groups is 1. The Morgan fingerprint density at radius 1 is 1.15 bits per heavy atom. The van der Waals surface area contributed by atoms with Gasteiger partial charge in [0, 0.05) is 36.4 Å². The predicted molar refractivity (Wildman–Crippen MR) is 95.9 cm³/mol. The van der Waals surface area contributed by atoms with Crippen molar-refractivity contribution in [2.45, 2.75) is 6.54 Å². The van der Waals surface area contributed by atoms with Crippen molar-refractivity contribution in [1.29, 1.82) is 0 Å². The predicted octanol–water partition coefficient (Wildman–Crippen LogP) is 4.05. The van der Waals surface area contributed by atoms with Gasteiger partial charge in [0.05, 0.1) is 12.7 Å². The average Bonchev–Trinajstić information content (AvgIpc) is 2.68. The lowest BCUT2D eigenvalue weighted by atomic mass is 10.1. The zero-order valence-corrected chi connectivity index (χ0v) is 14.1. The van der Waals surface area contributed by atoms with Crippen molar-refractivity contribution in [2.75, 3.05) is 12.0 Å². The van der Waals surface area contributed by atoms with Crippen LogP contribution in [0.1, 0.15) is 15.9 Å². The van der Waals surface area contributed by atoms with Gasteiger partial charge in [-0.05, 0) is 42.0 Å². The molecule has 0 fully saturated rings. The van der Waals surface area contributed by atoms with E-state index in [9.17, 15) is 14.3 Å². The van der Waals surface area contributed by atoms with Gasteiger partial charge in [0.15, 0.2) is 11.6 Å². The lowest BCUT2D eigenvalue weighted by Crippen LogP contribution is -2.17. The van der Waals surface area contributed by atoms with Crippen LogP contribution in [0.4, 0.5) is 15.8 Å². The number of benzene rings is 2. The molecule has 1 N–H and O–H groups in total. The number of halogens is 1. The number of hydrogen-bond acceptors (Lipinski definition) is 5. The Balaban J connectivity index is 2.05. The zero-order valence-electron chi connectivity index (χ0n) is 14.1. The topological polar surface area (TPSA) is 62.7 Å². The number of ether oxygens (including phenoxy) is 1. The lowest BCUT2D eigenvalue weighted by molar-refractivity contribution is 0.0601. The highest BCUT2D eigenvalue weighted by molar-refractivity contribution is 5.90. The second kappa shape index (κ2) is 7.65. The summed E-state index contributed by atoms with van der Waals surface area (Å²) in [6.45, 7) is 0.420. The first-order valence-corrected chi connectivity index (χ1v) is 7.92. The fraction of sp³-hybridized carbons (Fsp3) is 0.100. The molecule has 0 radical (unpaired) electrons. The molecule has 3 aromatic rings. The van der Waals surface area contributed by atoms with Crippen LogP contribution in [0.25, 0.3) is 0 Å². The van der Waals surface area contributed by atoms with Crippen LogP contribution >= 0.6 is 0 Å². The maximum absolute atomic E-state index is 13.5. The third-order valence-corrected chi connectivity index (χ3v) is 3.88. The lowest BCUT2D eigenvalue weighted by Gasteiger charge is -2.25. The number of esters is 1. The summed E-state index contributed by atoms with van der Waals surface area (Å²) in [6, 6.07) is 14.7. The van der Waals surface area contributed by atoms with Gasteiger partial charge in [-0.3, -0.25) is 4.98 Å². The van der Waals surface area contributed by atoms with E-state index in [-0.39, 0.29) is 0 Å². The molecule has 0 spiro atoms. The van der Waals surface area contributed by atoms with Crippen molar-refractivity contribution in [3.63, 3.8) is 0 Å². The second-order valence-corrected chi connectivity index (χ2v) is 5.63. The van der Waals surface area contributed by atoms with Gasteiger partial charge in [0.25, 0.3) is 0 Å². The number of carbonyl (C=O) groups is 1.